The molecule has 1 aromatic carbocycles. The van der Waals surface area contributed by atoms with Crippen molar-refractivity contribution < 1.29 is 0 Å². The van der Waals surface area contributed by atoms with E-state index in [0.717, 1.165) is 6.54 Å². The van der Waals surface area contributed by atoms with Gasteiger partial charge >= 0.3 is 0 Å². The van der Waals surface area contributed by atoms with Crippen molar-refractivity contribution in [3.63, 3.8) is 0 Å². The molecule has 0 bridgehead atoms. The predicted molar refractivity (Wildman–Crippen MR) is 80.3 cm³/mol. The van der Waals surface area contributed by atoms with Gasteiger partial charge in [0.25, 0.3) is 0 Å². The minimum Gasteiger partial charge on any atom is -0.298 e. The van der Waals surface area contributed by atoms with Crippen molar-refractivity contribution in [3.05, 3.63) is 34.7 Å². The highest BCUT2D eigenvalue weighted by molar-refractivity contribution is 7.19. The number of likely N-dealkylation sites (tertiary alicyclic amines) is 1. The molecule has 1 fully saturated rings. The smallest absolute Gasteiger partial charge is 0.0348 e. The molecule has 1 aromatic heterocycles. The predicted octanol–water partition coefficient (Wildman–Crippen LogP) is 4.59. The third-order valence-corrected chi connectivity index (χ3v) is 4.99. The van der Waals surface area contributed by atoms with Crippen LogP contribution in [-0.2, 0) is 6.54 Å². The van der Waals surface area contributed by atoms with Crippen molar-refractivity contribution in [2.75, 3.05) is 13.1 Å². The number of nitrogens with zero attached hydrogens (tertiary/aromatic N) is 1. The van der Waals surface area contributed by atoms with Crippen LogP contribution < -0.4 is 0 Å². The van der Waals surface area contributed by atoms with Gasteiger partial charge in [-0.3, -0.25) is 4.90 Å². The first kappa shape index (κ1) is 12.2. The minimum absolute atomic E-state index is 1.15. The standard InChI is InChI=1S/C16H21NS/c1-13-7-6-8-16-15(13)11-14(18-16)12-17-9-4-2-3-5-10-17/h6-8,11H,2-5,9-10,12H2,1H3. The molecule has 1 aliphatic rings. The van der Waals surface area contributed by atoms with Crippen molar-refractivity contribution in [2.45, 2.75) is 39.2 Å². The molecular formula is C16H21NS. The van der Waals surface area contributed by atoms with Crippen LogP contribution in [0.15, 0.2) is 24.3 Å². The summed E-state index contributed by atoms with van der Waals surface area (Å²) in [7, 11) is 0. The van der Waals surface area contributed by atoms with E-state index in [9.17, 15) is 0 Å². The van der Waals surface area contributed by atoms with E-state index in [4.69, 9.17) is 0 Å². The molecule has 0 amide bonds. The largest absolute Gasteiger partial charge is 0.298 e. The molecule has 0 aliphatic carbocycles. The highest BCUT2D eigenvalue weighted by Crippen LogP contribution is 2.29. The van der Waals surface area contributed by atoms with Crippen molar-refractivity contribution in [1.82, 2.24) is 4.90 Å². The lowest BCUT2D eigenvalue weighted by molar-refractivity contribution is 0.279. The van der Waals surface area contributed by atoms with Gasteiger partial charge in [0.1, 0.15) is 0 Å². The van der Waals surface area contributed by atoms with E-state index in [2.05, 4.69) is 36.1 Å². The number of fused-ring (bicyclic) bond motifs is 1. The quantitative estimate of drug-likeness (QED) is 0.762. The normalized spacial score (nSPS) is 18.1. The lowest BCUT2D eigenvalue weighted by atomic mass is 10.1. The number of hydrogen-bond donors (Lipinski definition) is 0. The van der Waals surface area contributed by atoms with E-state index in [1.54, 1.807) is 0 Å². The third-order valence-electron chi connectivity index (χ3n) is 3.91. The number of benzene rings is 1. The van der Waals surface area contributed by atoms with Gasteiger partial charge in [-0.1, -0.05) is 25.0 Å². The van der Waals surface area contributed by atoms with Gasteiger partial charge in [0, 0.05) is 16.1 Å². The summed E-state index contributed by atoms with van der Waals surface area (Å²) in [5, 5.41) is 1.45. The molecule has 1 aliphatic heterocycles. The van der Waals surface area contributed by atoms with E-state index >= 15 is 0 Å². The van der Waals surface area contributed by atoms with E-state index < -0.39 is 0 Å². The zero-order chi connectivity index (χ0) is 12.4. The van der Waals surface area contributed by atoms with Crippen LogP contribution in [0.4, 0.5) is 0 Å². The Morgan fingerprint density at radius 1 is 1.11 bits per heavy atom. The molecule has 0 saturated carbocycles. The van der Waals surface area contributed by atoms with Gasteiger partial charge in [0.2, 0.25) is 0 Å². The number of thiophene rings is 1. The lowest BCUT2D eigenvalue weighted by Crippen LogP contribution is -2.23. The molecule has 2 heteroatoms. The van der Waals surface area contributed by atoms with Crippen LogP contribution in [0.5, 0.6) is 0 Å². The Hall–Kier alpha value is -0.860. The Morgan fingerprint density at radius 2 is 1.89 bits per heavy atom. The summed E-state index contributed by atoms with van der Waals surface area (Å²) in [6, 6.07) is 9.04. The van der Waals surface area contributed by atoms with Crippen LogP contribution in [0.25, 0.3) is 10.1 Å². The molecule has 0 N–H and O–H groups in total. The Morgan fingerprint density at radius 3 is 2.61 bits per heavy atom. The first-order valence-corrected chi connectivity index (χ1v) is 7.85. The molecule has 0 unspecified atom stereocenters. The summed E-state index contributed by atoms with van der Waals surface area (Å²) in [5.74, 6) is 0. The SMILES string of the molecule is Cc1cccc2sc(CN3CCCCCC3)cc12. The monoisotopic (exact) mass is 259 g/mol. The topological polar surface area (TPSA) is 3.24 Å². The Kier molecular flexibility index (Phi) is 3.67. The van der Waals surface area contributed by atoms with E-state index in [-0.39, 0.29) is 0 Å². The van der Waals surface area contributed by atoms with Gasteiger partial charge in [-0.15, -0.1) is 11.3 Å². The van der Waals surface area contributed by atoms with Gasteiger partial charge < -0.3 is 0 Å². The maximum Gasteiger partial charge on any atom is 0.0348 e. The van der Waals surface area contributed by atoms with E-state index in [0.29, 0.717) is 0 Å². The third kappa shape index (κ3) is 2.60. The molecule has 0 radical (unpaired) electrons. The van der Waals surface area contributed by atoms with Crippen LogP contribution >= 0.6 is 11.3 Å². The second kappa shape index (κ2) is 5.41. The van der Waals surface area contributed by atoms with Crippen LogP contribution in [0.1, 0.15) is 36.1 Å². The fourth-order valence-electron chi connectivity index (χ4n) is 2.85. The van der Waals surface area contributed by atoms with Crippen LogP contribution in [0.3, 0.4) is 0 Å². The molecule has 18 heavy (non-hydrogen) atoms. The van der Waals surface area contributed by atoms with Crippen molar-refractivity contribution in [1.29, 1.82) is 0 Å². The first-order valence-electron chi connectivity index (χ1n) is 7.03. The Labute approximate surface area is 113 Å². The summed E-state index contributed by atoms with van der Waals surface area (Å²) in [6.45, 7) is 5.93. The summed E-state index contributed by atoms with van der Waals surface area (Å²) in [5.41, 5.74) is 1.41. The van der Waals surface area contributed by atoms with Gasteiger partial charge in [0.05, 0.1) is 0 Å². The zero-order valence-corrected chi connectivity index (χ0v) is 11.9. The first-order chi connectivity index (χ1) is 8.83. The second-order valence-corrected chi connectivity index (χ2v) is 6.56. The van der Waals surface area contributed by atoms with Crippen LogP contribution in [-0.4, -0.2) is 18.0 Å². The Bertz CT molecular complexity index is 521. The van der Waals surface area contributed by atoms with Gasteiger partial charge in [0.15, 0.2) is 0 Å². The average molecular weight is 259 g/mol. The van der Waals surface area contributed by atoms with Crippen molar-refractivity contribution in [3.8, 4) is 0 Å². The highest BCUT2D eigenvalue weighted by Gasteiger charge is 2.11. The molecule has 3 rings (SSSR count). The average Bonchev–Trinajstić information content (AvgIpc) is 2.60. The Balaban J connectivity index is 1.79. The number of hydrogen-bond acceptors (Lipinski definition) is 2. The summed E-state index contributed by atoms with van der Waals surface area (Å²) < 4.78 is 1.44. The van der Waals surface area contributed by atoms with Crippen molar-refractivity contribution >= 4 is 21.4 Å². The molecule has 0 atom stereocenters. The number of rotatable bonds is 2. The molecule has 1 saturated heterocycles. The molecule has 1 nitrogen and oxygen atoms in total. The summed E-state index contributed by atoms with van der Waals surface area (Å²) in [6.07, 6.45) is 5.60. The molecule has 0 spiro atoms. The molecule has 96 valence electrons. The van der Waals surface area contributed by atoms with Gasteiger partial charge in [-0.05, 0) is 55.9 Å². The van der Waals surface area contributed by atoms with Crippen LogP contribution in [0.2, 0.25) is 0 Å². The number of aryl methyl sites for hydroxylation is 1. The van der Waals surface area contributed by atoms with E-state index in [1.165, 1.54) is 59.3 Å². The van der Waals surface area contributed by atoms with Gasteiger partial charge in [-0.2, -0.15) is 0 Å². The maximum absolute atomic E-state index is 2.63. The van der Waals surface area contributed by atoms with Crippen LogP contribution in [0, 0.1) is 6.92 Å². The summed E-state index contributed by atoms with van der Waals surface area (Å²) >= 11 is 1.97. The molecule has 2 aromatic rings. The molecule has 2 heterocycles. The summed E-state index contributed by atoms with van der Waals surface area (Å²) in [4.78, 5) is 4.16. The van der Waals surface area contributed by atoms with Gasteiger partial charge in [-0.25, -0.2) is 0 Å². The lowest BCUT2D eigenvalue weighted by Gasteiger charge is -2.18. The fourth-order valence-corrected chi connectivity index (χ4v) is 4.03. The van der Waals surface area contributed by atoms with Crippen molar-refractivity contribution in [2.24, 2.45) is 0 Å². The second-order valence-electron chi connectivity index (χ2n) is 5.39. The fraction of sp³-hybridized carbons (Fsp3) is 0.500. The van der Waals surface area contributed by atoms with E-state index in [1.807, 2.05) is 11.3 Å². The maximum atomic E-state index is 2.63. The highest BCUT2D eigenvalue weighted by atomic mass is 32.1. The molecular weight excluding hydrogens is 238 g/mol. The zero-order valence-electron chi connectivity index (χ0n) is 11.1. The minimum atomic E-state index is 1.15.